The molecular weight excluding hydrogens is 236 g/mol. The topological polar surface area (TPSA) is 87.7 Å². The van der Waals surface area contributed by atoms with Crippen molar-refractivity contribution in [2.75, 3.05) is 26.3 Å². The Morgan fingerprint density at radius 2 is 1.94 bits per heavy atom. The van der Waals surface area contributed by atoms with E-state index in [1.54, 1.807) is 0 Å². The number of rotatable bonds is 7. The summed E-state index contributed by atoms with van der Waals surface area (Å²) >= 11 is 0. The molecule has 0 bridgehead atoms. The molecule has 0 aromatic heterocycles. The Balaban J connectivity index is 2.03. The van der Waals surface area contributed by atoms with E-state index >= 15 is 0 Å². The lowest BCUT2D eigenvalue weighted by atomic mass is 10.2. The third kappa shape index (κ3) is 5.97. The van der Waals surface area contributed by atoms with Gasteiger partial charge in [0.05, 0.1) is 6.10 Å². The van der Waals surface area contributed by atoms with E-state index in [0.717, 1.165) is 38.7 Å². The number of amides is 2. The number of hydrogen-bond acceptors (Lipinski definition) is 4. The van der Waals surface area contributed by atoms with Crippen LogP contribution < -0.4 is 10.6 Å². The van der Waals surface area contributed by atoms with Gasteiger partial charge in [-0.05, 0) is 32.1 Å². The van der Waals surface area contributed by atoms with Crippen molar-refractivity contribution in [1.29, 1.82) is 0 Å². The van der Waals surface area contributed by atoms with E-state index < -0.39 is 11.8 Å². The van der Waals surface area contributed by atoms with Crippen molar-refractivity contribution < 1.29 is 19.4 Å². The normalized spacial score (nSPS) is 18.6. The average molecular weight is 258 g/mol. The molecule has 0 aliphatic carbocycles. The second-order valence-electron chi connectivity index (χ2n) is 4.39. The predicted molar refractivity (Wildman–Crippen MR) is 65.9 cm³/mol. The van der Waals surface area contributed by atoms with Gasteiger partial charge in [0.15, 0.2) is 0 Å². The lowest BCUT2D eigenvalue weighted by Crippen LogP contribution is -2.42. The molecule has 6 nitrogen and oxygen atoms in total. The molecule has 1 aliphatic heterocycles. The van der Waals surface area contributed by atoms with Crippen LogP contribution in [0.2, 0.25) is 0 Å². The van der Waals surface area contributed by atoms with Gasteiger partial charge in [-0.3, -0.25) is 9.59 Å². The van der Waals surface area contributed by atoms with E-state index in [1.165, 1.54) is 0 Å². The molecule has 2 amide bonds. The predicted octanol–water partition coefficient (Wildman–Crippen LogP) is -0.440. The van der Waals surface area contributed by atoms with E-state index in [2.05, 4.69) is 10.6 Å². The third-order valence-electron chi connectivity index (χ3n) is 2.84. The minimum atomic E-state index is -0.604. The van der Waals surface area contributed by atoms with Crippen LogP contribution in [0.25, 0.3) is 0 Å². The molecule has 1 unspecified atom stereocenters. The van der Waals surface area contributed by atoms with Crippen molar-refractivity contribution in [3.63, 3.8) is 0 Å². The molecule has 1 saturated heterocycles. The number of nitrogens with one attached hydrogen (secondary N) is 2. The zero-order valence-corrected chi connectivity index (χ0v) is 10.6. The number of carbonyl (C=O) groups is 2. The van der Waals surface area contributed by atoms with Crippen LogP contribution in [0.3, 0.4) is 0 Å². The van der Waals surface area contributed by atoms with Gasteiger partial charge in [0.2, 0.25) is 0 Å². The van der Waals surface area contributed by atoms with Gasteiger partial charge in [-0.15, -0.1) is 0 Å². The van der Waals surface area contributed by atoms with Gasteiger partial charge in [-0.2, -0.15) is 0 Å². The minimum Gasteiger partial charge on any atom is -0.396 e. The van der Waals surface area contributed by atoms with Gasteiger partial charge in [0.1, 0.15) is 0 Å². The summed E-state index contributed by atoms with van der Waals surface area (Å²) in [4.78, 5) is 22.8. The van der Waals surface area contributed by atoms with Crippen LogP contribution in [0.4, 0.5) is 0 Å². The molecule has 1 aliphatic rings. The van der Waals surface area contributed by atoms with E-state index in [-0.39, 0.29) is 12.7 Å². The molecule has 0 radical (unpaired) electrons. The number of hydrogen-bond donors (Lipinski definition) is 3. The van der Waals surface area contributed by atoms with Crippen molar-refractivity contribution in [3.8, 4) is 0 Å². The first-order valence-corrected chi connectivity index (χ1v) is 6.52. The Morgan fingerprint density at radius 3 is 2.61 bits per heavy atom. The molecule has 1 rings (SSSR count). The van der Waals surface area contributed by atoms with Crippen molar-refractivity contribution >= 4 is 11.8 Å². The lowest BCUT2D eigenvalue weighted by molar-refractivity contribution is -0.139. The van der Waals surface area contributed by atoms with Crippen LogP contribution in [0.1, 0.15) is 32.1 Å². The number of ether oxygens (including phenoxy) is 1. The first-order valence-electron chi connectivity index (χ1n) is 6.52. The van der Waals surface area contributed by atoms with Crippen LogP contribution in [0.15, 0.2) is 0 Å². The highest BCUT2D eigenvalue weighted by molar-refractivity contribution is 6.35. The third-order valence-corrected chi connectivity index (χ3v) is 2.84. The quantitative estimate of drug-likeness (QED) is 0.427. The molecule has 3 N–H and O–H groups in total. The fourth-order valence-corrected chi connectivity index (χ4v) is 1.79. The molecule has 104 valence electrons. The molecule has 1 atom stereocenters. The largest absolute Gasteiger partial charge is 0.396 e. The van der Waals surface area contributed by atoms with Gasteiger partial charge in [0.25, 0.3) is 0 Å². The SMILES string of the molecule is O=C(NCCCCCO)C(=O)NCC1CCCO1. The van der Waals surface area contributed by atoms with Crippen LogP contribution in [-0.4, -0.2) is 49.3 Å². The highest BCUT2D eigenvalue weighted by Gasteiger charge is 2.18. The summed E-state index contributed by atoms with van der Waals surface area (Å²) in [7, 11) is 0. The minimum absolute atomic E-state index is 0.0475. The van der Waals surface area contributed by atoms with Crippen molar-refractivity contribution in [3.05, 3.63) is 0 Å². The lowest BCUT2D eigenvalue weighted by Gasteiger charge is -2.10. The van der Waals surface area contributed by atoms with Crippen molar-refractivity contribution in [1.82, 2.24) is 10.6 Å². The van der Waals surface area contributed by atoms with E-state index in [4.69, 9.17) is 9.84 Å². The molecule has 1 heterocycles. The first kappa shape index (κ1) is 14.9. The monoisotopic (exact) mass is 258 g/mol. The Bertz CT molecular complexity index is 265. The van der Waals surface area contributed by atoms with Crippen molar-refractivity contribution in [2.45, 2.75) is 38.2 Å². The number of carbonyl (C=O) groups excluding carboxylic acids is 2. The summed E-state index contributed by atoms with van der Waals surface area (Å²) < 4.78 is 5.34. The summed E-state index contributed by atoms with van der Waals surface area (Å²) in [5.74, 6) is -1.20. The van der Waals surface area contributed by atoms with Gasteiger partial charge in [0, 0.05) is 26.3 Å². The first-order chi connectivity index (χ1) is 8.74. The molecule has 0 aromatic rings. The van der Waals surface area contributed by atoms with Crippen LogP contribution in [0, 0.1) is 0 Å². The Morgan fingerprint density at radius 1 is 1.17 bits per heavy atom. The van der Waals surface area contributed by atoms with Crippen molar-refractivity contribution in [2.24, 2.45) is 0 Å². The Hall–Kier alpha value is -1.14. The zero-order valence-electron chi connectivity index (χ0n) is 10.6. The Kier molecular flexibility index (Phi) is 7.36. The van der Waals surface area contributed by atoms with Crippen LogP contribution in [-0.2, 0) is 14.3 Å². The fraction of sp³-hybridized carbons (Fsp3) is 0.833. The fourth-order valence-electron chi connectivity index (χ4n) is 1.79. The highest BCUT2D eigenvalue weighted by atomic mass is 16.5. The maximum absolute atomic E-state index is 11.4. The van der Waals surface area contributed by atoms with E-state index in [9.17, 15) is 9.59 Å². The number of aliphatic hydroxyl groups excluding tert-OH is 1. The van der Waals surface area contributed by atoms with E-state index in [1.807, 2.05) is 0 Å². The van der Waals surface area contributed by atoms with Gasteiger partial charge < -0.3 is 20.5 Å². The summed E-state index contributed by atoms with van der Waals surface area (Å²) in [5.41, 5.74) is 0. The number of unbranched alkanes of at least 4 members (excludes halogenated alkanes) is 2. The highest BCUT2D eigenvalue weighted by Crippen LogP contribution is 2.10. The zero-order chi connectivity index (χ0) is 13.2. The van der Waals surface area contributed by atoms with Gasteiger partial charge in [-0.25, -0.2) is 0 Å². The molecule has 0 aromatic carbocycles. The summed E-state index contributed by atoms with van der Waals surface area (Å²) in [6.45, 7) is 1.76. The smallest absolute Gasteiger partial charge is 0.309 e. The second kappa shape index (κ2) is 8.88. The molecular formula is C12H22N2O4. The molecule has 0 saturated carbocycles. The maximum Gasteiger partial charge on any atom is 0.309 e. The van der Waals surface area contributed by atoms with E-state index in [0.29, 0.717) is 13.1 Å². The molecule has 6 heteroatoms. The van der Waals surface area contributed by atoms with Gasteiger partial charge >= 0.3 is 11.8 Å². The van der Waals surface area contributed by atoms with Crippen LogP contribution in [0.5, 0.6) is 0 Å². The molecule has 0 spiro atoms. The molecule has 18 heavy (non-hydrogen) atoms. The van der Waals surface area contributed by atoms with Gasteiger partial charge in [-0.1, -0.05) is 0 Å². The number of aliphatic hydroxyl groups is 1. The summed E-state index contributed by atoms with van der Waals surface area (Å²) in [6, 6.07) is 0. The molecule has 1 fully saturated rings. The van der Waals surface area contributed by atoms with Crippen LogP contribution >= 0.6 is 0 Å². The standard InChI is InChI=1S/C12H22N2O4/c15-7-3-1-2-6-13-11(16)12(17)14-9-10-5-4-8-18-10/h10,15H,1-9H2,(H,13,16)(H,14,17). The average Bonchev–Trinajstić information content (AvgIpc) is 2.88. The Labute approximate surface area is 107 Å². The summed E-state index contributed by atoms with van der Waals surface area (Å²) in [6.07, 6.45) is 4.33. The second-order valence-corrected chi connectivity index (χ2v) is 4.39. The maximum atomic E-state index is 11.4. The summed E-state index contributed by atoms with van der Waals surface area (Å²) in [5, 5.41) is 13.7.